The SMILES string of the molecule is C=CCn1ccc2c(=O)[nH]c(-c3ccc(CF)cc3)nc21. The maximum absolute atomic E-state index is 12.5. The van der Waals surface area contributed by atoms with Crippen molar-refractivity contribution in [2.24, 2.45) is 0 Å². The molecule has 0 saturated carbocycles. The van der Waals surface area contributed by atoms with Gasteiger partial charge < -0.3 is 9.55 Å². The van der Waals surface area contributed by atoms with E-state index in [0.717, 1.165) is 5.56 Å². The molecule has 0 spiro atoms. The Morgan fingerprint density at radius 1 is 1.29 bits per heavy atom. The lowest BCUT2D eigenvalue weighted by Crippen LogP contribution is -2.10. The Kier molecular flexibility index (Phi) is 3.39. The van der Waals surface area contributed by atoms with Crippen LogP contribution >= 0.6 is 0 Å². The Bertz CT molecular complexity index is 846. The molecule has 0 amide bonds. The molecule has 2 heterocycles. The zero-order valence-electron chi connectivity index (χ0n) is 11.3. The highest BCUT2D eigenvalue weighted by Crippen LogP contribution is 2.18. The van der Waals surface area contributed by atoms with E-state index in [4.69, 9.17) is 0 Å². The number of nitrogens with one attached hydrogen (secondary N) is 1. The van der Waals surface area contributed by atoms with Gasteiger partial charge in [-0.05, 0) is 11.6 Å². The van der Waals surface area contributed by atoms with Gasteiger partial charge >= 0.3 is 0 Å². The monoisotopic (exact) mass is 283 g/mol. The second-order valence-electron chi connectivity index (χ2n) is 4.74. The molecule has 2 aromatic heterocycles. The van der Waals surface area contributed by atoms with Gasteiger partial charge in [0.2, 0.25) is 0 Å². The van der Waals surface area contributed by atoms with Crippen molar-refractivity contribution in [1.29, 1.82) is 0 Å². The van der Waals surface area contributed by atoms with Gasteiger partial charge in [0.1, 0.15) is 18.1 Å². The van der Waals surface area contributed by atoms with Gasteiger partial charge in [0, 0.05) is 18.3 Å². The van der Waals surface area contributed by atoms with E-state index >= 15 is 0 Å². The fourth-order valence-corrected chi connectivity index (χ4v) is 2.25. The lowest BCUT2D eigenvalue weighted by atomic mass is 10.1. The molecule has 0 atom stereocenters. The average molecular weight is 283 g/mol. The molecule has 1 N–H and O–H groups in total. The molecule has 21 heavy (non-hydrogen) atoms. The van der Waals surface area contributed by atoms with Crippen LogP contribution in [0.4, 0.5) is 4.39 Å². The lowest BCUT2D eigenvalue weighted by Gasteiger charge is -2.04. The molecule has 0 unspecified atom stereocenters. The number of hydrogen-bond acceptors (Lipinski definition) is 2. The largest absolute Gasteiger partial charge is 0.328 e. The number of hydrogen-bond donors (Lipinski definition) is 1. The Hall–Kier alpha value is -2.69. The lowest BCUT2D eigenvalue weighted by molar-refractivity contribution is 0.485. The number of aromatic amines is 1. The predicted octanol–water partition coefficient (Wildman–Crippen LogP) is 3.05. The zero-order valence-corrected chi connectivity index (χ0v) is 11.3. The quantitative estimate of drug-likeness (QED) is 0.748. The predicted molar refractivity (Wildman–Crippen MR) is 80.8 cm³/mol. The molecule has 3 aromatic rings. The summed E-state index contributed by atoms with van der Waals surface area (Å²) in [6.07, 6.45) is 3.56. The molecule has 1 aromatic carbocycles. The van der Waals surface area contributed by atoms with Crippen LogP contribution in [-0.2, 0) is 13.2 Å². The van der Waals surface area contributed by atoms with Crippen LogP contribution < -0.4 is 5.56 Å². The first-order valence-corrected chi connectivity index (χ1v) is 6.58. The van der Waals surface area contributed by atoms with Crippen molar-refractivity contribution in [3.63, 3.8) is 0 Å². The van der Waals surface area contributed by atoms with Crippen LogP contribution in [0.1, 0.15) is 5.56 Å². The second kappa shape index (κ2) is 5.36. The standard InChI is InChI=1S/C16H14FN3O/c1-2-8-20-9-7-13-15(20)18-14(19-16(13)21)12-5-3-11(10-17)4-6-12/h2-7,9H,1,8,10H2,(H,18,19,21). The number of rotatable bonds is 4. The molecule has 0 aliphatic carbocycles. The average Bonchev–Trinajstić information content (AvgIpc) is 2.91. The van der Waals surface area contributed by atoms with Crippen LogP contribution in [0.2, 0.25) is 0 Å². The maximum Gasteiger partial charge on any atom is 0.260 e. The number of alkyl halides is 1. The van der Waals surface area contributed by atoms with Crippen molar-refractivity contribution in [3.05, 3.63) is 65.1 Å². The molecular weight excluding hydrogens is 269 g/mol. The zero-order chi connectivity index (χ0) is 14.8. The molecule has 0 radical (unpaired) electrons. The minimum absolute atomic E-state index is 0.188. The molecule has 106 valence electrons. The van der Waals surface area contributed by atoms with Gasteiger partial charge in [-0.2, -0.15) is 0 Å². The van der Waals surface area contributed by atoms with Gasteiger partial charge in [-0.3, -0.25) is 4.79 Å². The van der Waals surface area contributed by atoms with Crippen LogP contribution in [0.15, 0.2) is 54.0 Å². The summed E-state index contributed by atoms with van der Waals surface area (Å²) in [6, 6.07) is 8.60. The Labute approximate surface area is 120 Å². The minimum Gasteiger partial charge on any atom is -0.328 e. The van der Waals surface area contributed by atoms with E-state index in [1.54, 1.807) is 36.4 Å². The molecule has 4 nitrogen and oxygen atoms in total. The Morgan fingerprint density at radius 2 is 2.05 bits per heavy atom. The van der Waals surface area contributed by atoms with Crippen LogP contribution in [-0.4, -0.2) is 14.5 Å². The fourth-order valence-electron chi connectivity index (χ4n) is 2.25. The van der Waals surface area contributed by atoms with Crippen molar-refractivity contribution in [1.82, 2.24) is 14.5 Å². The van der Waals surface area contributed by atoms with E-state index < -0.39 is 6.67 Å². The van der Waals surface area contributed by atoms with E-state index in [2.05, 4.69) is 16.5 Å². The summed E-state index contributed by atoms with van der Waals surface area (Å²) in [5.41, 5.74) is 1.77. The van der Waals surface area contributed by atoms with Crippen LogP contribution in [0.3, 0.4) is 0 Å². The topological polar surface area (TPSA) is 50.7 Å². The fraction of sp³-hybridized carbons (Fsp3) is 0.125. The summed E-state index contributed by atoms with van der Waals surface area (Å²) in [5, 5.41) is 0.543. The molecular formula is C16H14FN3O. The van der Waals surface area contributed by atoms with Crippen LogP contribution in [0.5, 0.6) is 0 Å². The second-order valence-corrected chi connectivity index (χ2v) is 4.74. The van der Waals surface area contributed by atoms with Crippen molar-refractivity contribution in [3.8, 4) is 11.4 Å². The van der Waals surface area contributed by atoms with Gasteiger partial charge in [-0.25, -0.2) is 9.37 Å². The first-order chi connectivity index (χ1) is 10.2. The number of nitrogens with zero attached hydrogens (tertiary/aromatic N) is 2. The smallest absolute Gasteiger partial charge is 0.260 e. The first-order valence-electron chi connectivity index (χ1n) is 6.58. The summed E-state index contributed by atoms with van der Waals surface area (Å²) in [5.74, 6) is 0.474. The minimum atomic E-state index is -0.508. The van der Waals surface area contributed by atoms with Crippen molar-refractivity contribution >= 4 is 11.0 Å². The van der Waals surface area contributed by atoms with Gasteiger partial charge in [0.15, 0.2) is 0 Å². The molecule has 0 saturated heterocycles. The molecule has 0 bridgehead atoms. The summed E-state index contributed by atoms with van der Waals surface area (Å²) in [6.45, 7) is 3.77. The number of fused-ring (bicyclic) bond motifs is 1. The maximum atomic E-state index is 12.5. The van der Waals surface area contributed by atoms with Gasteiger partial charge in [0.25, 0.3) is 5.56 Å². The molecule has 3 rings (SSSR count). The Morgan fingerprint density at radius 3 is 2.71 bits per heavy atom. The van der Waals surface area contributed by atoms with Crippen molar-refractivity contribution in [2.75, 3.05) is 0 Å². The molecule has 0 aliphatic rings. The van der Waals surface area contributed by atoms with E-state index in [1.165, 1.54) is 0 Å². The van der Waals surface area contributed by atoms with Crippen molar-refractivity contribution in [2.45, 2.75) is 13.2 Å². The van der Waals surface area contributed by atoms with Crippen molar-refractivity contribution < 1.29 is 4.39 Å². The highest BCUT2D eigenvalue weighted by atomic mass is 19.1. The Balaban J connectivity index is 2.15. The highest BCUT2D eigenvalue weighted by molar-refractivity contribution is 5.77. The van der Waals surface area contributed by atoms with E-state index in [9.17, 15) is 9.18 Å². The third-order valence-electron chi connectivity index (χ3n) is 3.34. The van der Waals surface area contributed by atoms with Gasteiger partial charge in [-0.1, -0.05) is 30.3 Å². The summed E-state index contributed by atoms with van der Waals surface area (Å²) < 4.78 is 14.4. The molecule has 0 aliphatic heterocycles. The number of H-pyrrole nitrogens is 1. The highest BCUT2D eigenvalue weighted by Gasteiger charge is 2.09. The van der Waals surface area contributed by atoms with Gasteiger partial charge in [0.05, 0.1) is 5.39 Å². The summed E-state index contributed by atoms with van der Waals surface area (Å²) >= 11 is 0. The number of benzene rings is 1. The third kappa shape index (κ3) is 2.38. The third-order valence-corrected chi connectivity index (χ3v) is 3.34. The number of allylic oxidation sites excluding steroid dienone is 1. The van der Waals surface area contributed by atoms with E-state index in [1.807, 2.05) is 10.8 Å². The molecule has 5 heteroatoms. The summed E-state index contributed by atoms with van der Waals surface area (Å²) in [4.78, 5) is 19.4. The van der Waals surface area contributed by atoms with E-state index in [0.29, 0.717) is 29.0 Å². The van der Waals surface area contributed by atoms with Gasteiger partial charge in [-0.15, -0.1) is 6.58 Å². The van der Waals surface area contributed by atoms with Crippen LogP contribution in [0.25, 0.3) is 22.4 Å². The normalized spacial score (nSPS) is 10.9. The number of aromatic nitrogens is 3. The number of halogens is 1. The molecule has 0 fully saturated rings. The first kappa shape index (κ1) is 13.3. The van der Waals surface area contributed by atoms with Crippen LogP contribution in [0, 0.1) is 0 Å². The van der Waals surface area contributed by atoms with E-state index in [-0.39, 0.29) is 5.56 Å². The summed E-state index contributed by atoms with van der Waals surface area (Å²) in [7, 11) is 0.